The van der Waals surface area contributed by atoms with Crippen molar-refractivity contribution < 1.29 is 14.7 Å². The second-order valence-electron chi connectivity index (χ2n) is 5.68. The summed E-state index contributed by atoms with van der Waals surface area (Å²) in [5.74, 6) is -0.698. The van der Waals surface area contributed by atoms with Crippen molar-refractivity contribution in [1.82, 2.24) is 5.32 Å². The van der Waals surface area contributed by atoms with Gasteiger partial charge in [-0.15, -0.1) is 0 Å². The van der Waals surface area contributed by atoms with Crippen molar-refractivity contribution >= 4 is 29.3 Å². The maximum absolute atomic E-state index is 12.1. The largest absolute Gasteiger partial charge is 0.480 e. The van der Waals surface area contributed by atoms with Crippen LogP contribution in [0, 0.1) is 5.92 Å². The van der Waals surface area contributed by atoms with E-state index >= 15 is 0 Å². The zero-order chi connectivity index (χ0) is 15.5. The van der Waals surface area contributed by atoms with Crippen LogP contribution in [0.1, 0.15) is 32.6 Å². The lowest BCUT2D eigenvalue weighted by molar-refractivity contribution is -0.146. The van der Waals surface area contributed by atoms with E-state index in [1.54, 1.807) is 24.3 Å². The Balaban J connectivity index is 2.07. The molecule has 0 aromatic heterocycles. The van der Waals surface area contributed by atoms with E-state index in [4.69, 9.17) is 11.6 Å². The molecule has 0 bridgehead atoms. The van der Waals surface area contributed by atoms with E-state index in [0.717, 1.165) is 12.8 Å². The minimum absolute atomic E-state index is 0.279. The van der Waals surface area contributed by atoms with E-state index in [2.05, 4.69) is 10.6 Å². The number of hydrogen-bond donors (Lipinski definition) is 3. The Kier molecular flexibility index (Phi) is 4.73. The molecule has 0 radical (unpaired) electrons. The van der Waals surface area contributed by atoms with Crippen molar-refractivity contribution in [3.63, 3.8) is 0 Å². The number of rotatable bonds is 3. The van der Waals surface area contributed by atoms with E-state index in [9.17, 15) is 14.7 Å². The molecule has 0 heterocycles. The Morgan fingerprint density at radius 3 is 2.81 bits per heavy atom. The third kappa shape index (κ3) is 3.88. The number of benzene rings is 1. The van der Waals surface area contributed by atoms with Crippen molar-refractivity contribution in [2.24, 2.45) is 5.92 Å². The lowest BCUT2D eigenvalue weighted by atomic mass is 9.76. The quantitative estimate of drug-likeness (QED) is 0.799. The highest BCUT2D eigenvalue weighted by Gasteiger charge is 2.43. The smallest absolute Gasteiger partial charge is 0.329 e. The topological polar surface area (TPSA) is 78.4 Å². The molecule has 1 aromatic rings. The van der Waals surface area contributed by atoms with E-state index in [-0.39, 0.29) is 5.92 Å². The molecule has 1 aromatic carbocycles. The third-order valence-electron chi connectivity index (χ3n) is 3.84. The Morgan fingerprint density at radius 1 is 1.43 bits per heavy atom. The van der Waals surface area contributed by atoms with Gasteiger partial charge in [0.1, 0.15) is 5.54 Å². The molecule has 1 fully saturated rings. The SMILES string of the molecule is CC1CCCC(NC(=O)Nc2cccc(Cl)c2)(C(=O)O)C1. The summed E-state index contributed by atoms with van der Waals surface area (Å²) in [5, 5.41) is 15.3. The predicted molar refractivity (Wildman–Crippen MR) is 81.6 cm³/mol. The minimum Gasteiger partial charge on any atom is -0.480 e. The van der Waals surface area contributed by atoms with E-state index in [0.29, 0.717) is 23.6 Å². The molecule has 3 N–H and O–H groups in total. The molecule has 21 heavy (non-hydrogen) atoms. The molecule has 1 aliphatic rings. The van der Waals surface area contributed by atoms with Gasteiger partial charge >= 0.3 is 12.0 Å². The van der Waals surface area contributed by atoms with Gasteiger partial charge in [-0.3, -0.25) is 0 Å². The van der Waals surface area contributed by atoms with Crippen LogP contribution in [0.25, 0.3) is 0 Å². The van der Waals surface area contributed by atoms with Crippen LogP contribution in [0.15, 0.2) is 24.3 Å². The van der Waals surface area contributed by atoms with Crippen LogP contribution in [-0.2, 0) is 4.79 Å². The molecule has 1 saturated carbocycles. The molecule has 2 rings (SSSR count). The van der Waals surface area contributed by atoms with Gasteiger partial charge in [0.25, 0.3) is 0 Å². The van der Waals surface area contributed by atoms with Gasteiger partial charge in [-0.1, -0.05) is 37.4 Å². The molecule has 1 aliphatic carbocycles. The van der Waals surface area contributed by atoms with Gasteiger partial charge in [0.2, 0.25) is 0 Å². The lowest BCUT2D eigenvalue weighted by Crippen LogP contribution is -2.57. The van der Waals surface area contributed by atoms with Gasteiger partial charge in [-0.05, 0) is 37.0 Å². The molecule has 0 spiro atoms. The first-order valence-electron chi connectivity index (χ1n) is 6.99. The fraction of sp³-hybridized carbons (Fsp3) is 0.467. The molecular formula is C15H19ClN2O3. The minimum atomic E-state index is -1.18. The first kappa shape index (κ1) is 15.6. The summed E-state index contributed by atoms with van der Waals surface area (Å²) in [6, 6.07) is 6.20. The van der Waals surface area contributed by atoms with Crippen molar-refractivity contribution in [2.45, 2.75) is 38.1 Å². The third-order valence-corrected chi connectivity index (χ3v) is 4.08. The van der Waals surface area contributed by atoms with Gasteiger partial charge in [-0.2, -0.15) is 0 Å². The highest BCUT2D eigenvalue weighted by molar-refractivity contribution is 6.30. The number of carbonyl (C=O) groups excluding carboxylic acids is 1. The summed E-state index contributed by atoms with van der Waals surface area (Å²) < 4.78 is 0. The predicted octanol–water partition coefficient (Wildman–Crippen LogP) is 3.50. The zero-order valence-electron chi connectivity index (χ0n) is 11.9. The van der Waals surface area contributed by atoms with E-state index in [1.165, 1.54) is 0 Å². The molecule has 5 nitrogen and oxygen atoms in total. The van der Waals surface area contributed by atoms with Gasteiger partial charge < -0.3 is 15.7 Å². The van der Waals surface area contributed by atoms with E-state index in [1.807, 2.05) is 6.92 Å². The van der Waals surface area contributed by atoms with Crippen LogP contribution in [-0.4, -0.2) is 22.6 Å². The van der Waals surface area contributed by atoms with Crippen molar-refractivity contribution in [2.75, 3.05) is 5.32 Å². The fourth-order valence-electron chi connectivity index (χ4n) is 2.86. The molecule has 114 valence electrons. The average Bonchev–Trinajstić information content (AvgIpc) is 2.38. The monoisotopic (exact) mass is 310 g/mol. The molecule has 0 saturated heterocycles. The second-order valence-corrected chi connectivity index (χ2v) is 6.11. The Morgan fingerprint density at radius 2 is 2.19 bits per heavy atom. The fourth-order valence-corrected chi connectivity index (χ4v) is 3.05. The number of carboxylic acid groups (broad SMARTS) is 1. The number of amides is 2. The molecule has 2 unspecified atom stereocenters. The van der Waals surface area contributed by atoms with Gasteiger partial charge in [-0.25, -0.2) is 9.59 Å². The van der Waals surface area contributed by atoms with Crippen LogP contribution in [0.4, 0.5) is 10.5 Å². The Labute approximate surface area is 128 Å². The molecule has 0 aliphatic heterocycles. The molecule has 2 atom stereocenters. The Bertz CT molecular complexity index is 549. The number of carboxylic acids is 1. The maximum atomic E-state index is 12.1. The van der Waals surface area contributed by atoms with Gasteiger partial charge in [0.05, 0.1) is 0 Å². The summed E-state index contributed by atoms with van der Waals surface area (Å²) in [4.78, 5) is 23.7. The number of halogens is 1. The van der Waals surface area contributed by atoms with Gasteiger partial charge in [0, 0.05) is 10.7 Å². The molecule has 2 amide bonds. The number of anilines is 1. The average molecular weight is 311 g/mol. The standard InChI is InChI=1S/C15H19ClN2O3/c1-10-4-3-7-15(9-10,13(19)20)18-14(21)17-12-6-2-5-11(16)8-12/h2,5-6,8,10H,3-4,7,9H2,1H3,(H,19,20)(H2,17,18,21). The van der Waals surface area contributed by atoms with Crippen molar-refractivity contribution in [3.8, 4) is 0 Å². The summed E-state index contributed by atoms with van der Waals surface area (Å²) in [6.45, 7) is 2.01. The summed E-state index contributed by atoms with van der Waals surface area (Å²) in [5.41, 5.74) is -0.648. The summed E-state index contributed by atoms with van der Waals surface area (Å²) in [7, 11) is 0. The lowest BCUT2D eigenvalue weighted by Gasteiger charge is -2.36. The van der Waals surface area contributed by atoms with Crippen molar-refractivity contribution in [1.29, 1.82) is 0 Å². The highest BCUT2D eigenvalue weighted by Crippen LogP contribution is 2.32. The zero-order valence-corrected chi connectivity index (χ0v) is 12.6. The summed E-state index contributed by atoms with van der Waals surface area (Å²) in [6.07, 6.45) is 2.69. The van der Waals surface area contributed by atoms with E-state index < -0.39 is 17.5 Å². The number of hydrogen-bond acceptors (Lipinski definition) is 2. The van der Waals surface area contributed by atoms with Crippen molar-refractivity contribution in [3.05, 3.63) is 29.3 Å². The number of urea groups is 1. The second kappa shape index (κ2) is 6.35. The van der Waals surface area contributed by atoms with Gasteiger partial charge in [0.15, 0.2) is 0 Å². The summed E-state index contributed by atoms with van der Waals surface area (Å²) >= 11 is 5.85. The number of aliphatic carboxylic acids is 1. The highest BCUT2D eigenvalue weighted by atomic mass is 35.5. The first-order chi connectivity index (χ1) is 9.91. The number of nitrogens with one attached hydrogen (secondary N) is 2. The maximum Gasteiger partial charge on any atom is 0.329 e. The van der Waals surface area contributed by atoms with Crippen LogP contribution in [0.2, 0.25) is 5.02 Å². The van der Waals surface area contributed by atoms with Crippen LogP contribution < -0.4 is 10.6 Å². The van der Waals surface area contributed by atoms with Crippen LogP contribution in [0.3, 0.4) is 0 Å². The van der Waals surface area contributed by atoms with Crippen LogP contribution in [0.5, 0.6) is 0 Å². The van der Waals surface area contributed by atoms with Crippen LogP contribution >= 0.6 is 11.6 Å². The first-order valence-corrected chi connectivity index (χ1v) is 7.37. The Hall–Kier alpha value is -1.75. The number of carbonyl (C=O) groups is 2. The normalized spacial score (nSPS) is 25.1. The molecule has 6 heteroatoms. The molecular weight excluding hydrogens is 292 g/mol.